The third-order valence-corrected chi connectivity index (χ3v) is 4.59. The molecule has 0 radical (unpaired) electrons. The normalized spacial score (nSPS) is 12.5. The number of carbonyl (C=O) groups excluding carboxylic acids is 1. The first kappa shape index (κ1) is 18.8. The van der Waals surface area contributed by atoms with Gasteiger partial charge in [0.2, 0.25) is 15.9 Å². The summed E-state index contributed by atoms with van der Waals surface area (Å²) in [6, 6.07) is 6.46. The van der Waals surface area contributed by atoms with E-state index < -0.39 is 39.4 Å². The lowest BCUT2D eigenvalue weighted by Crippen LogP contribution is -2.45. The van der Waals surface area contributed by atoms with E-state index in [1.807, 2.05) is 0 Å². The number of nitrogens with one attached hydrogen (secondary N) is 1. The molecule has 0 saturated heterocycles. The highest BCUT2D eigenvalue weighted by atomic mass is 32.2. The summed E-state index contributed by atoms with van der Waals surface area (Å²) in [5.41, 5.74) is -0.351. The summed E-state index contributed by atoms with van der Waals surface area (Å²) >= 11 is 0. The van der Waals surface area contributed by atoms with Crippen LogP contribution in [0.3, 0.4) is 0 Å². The van der Waals surface area contributed by atoms with Crippen molar-refractivity contribution in [2.24, 2.45) is 0 Å². The van der Waals surface area contributed by atoms with E-state index in [0.29, 0.717) is 4.31 Å². The maximum Gasteiger partial charge on any atom is 0.247 e. The fourth-order valence-corrected chi connectivity index (χ4v) is 3.41. The molecule has 9 heteroatoms. The van der Waals surface area contributed by atoms with Crippen molar-refractivity contribution >= 4 is 27.3 Å². The molecule has 0 heterocycles. The highest BCUT2D eigenvalue weighted by Crippen LogP contribution is 2.24. The Bertz CT molecular complexity index is 903. The summed E-state index contributed by atoms with van der Waals surface area (Å²) in [6.07, 6.45) is 0.834. The van der Waals surface area contributed by atoms with Crippen LogP contribution in [0.25, 0.3) is 0 Å². The molecule has 0 aliphatic heterocycles. The highest BCUT2D eigenvalue weighted by molar-refractivity contribution is 7.92. The van der Waals surface area contributed by atoms with Gasteiger partial charge in [-0.3, -0.25) is 9.10 Å². The van der Waals surface area contributed by atoms with Crippen molar-refractivity contribution in [1.29, 1.82) is 0 Å². The minimum atomic E-state index is -3.99. The molecule has 2 rings (SSSR count). The molecule has 1 amide bonds. The smallest absolute Gasteiger partial charge is 0.247 e. The van der Waals surface area contributed by atoms with Crippen molar-refractivity contribution in [3.63, 3.8) is 0 Å². The molecule has 1 unspecified atom stereocenters. The molecule has 0 saturated carbocycles. The Hall–Kier alpha value is -2.55. The third-order valence-electron chi connectivity index (χ3n) is 3.37. The summed E-state index contributed by atoms with van der Waals surface area (Å²) in [4.78, 5) is 12.3. The number of hydrogen-bond donors (Lipinski definition) is 1. The number of sulfonamides is 1. The topological polar surface area (TPSA) is 66.5 Å². The maximum atomic E-state index is 14.0. The van der Waals surface area contributed by atoms with E-state index >= 15 is 0 Å². The van der Waals surface area contributed by atoms with E-state index in [1.165, 1.54) is 25.1 Å². The number of benzene rings is 2. The molecular weight excluding hydrogens is 357 g/mol. The standard InChI is InChI=1S/C16H15F3N2O3S/c1-10(16(22)20-11-7-8-12(17)14(19)9-11)21(25(2,23)24)15-6-4-3-5-13(15)18/h3-10H,1-2H3,(H,20,22). The van der Waals surface area contributed by atoms with Crippen LogP contribution in [0.1, 0.15) is 6.92 Å². The van der Waals surface area contributed by atoms with Crippen LogP contribution < -0.4 is 9.62 Å². The Kier molecular flexibility index (Phi) is 5.36. The van der Waals surface area contributed by atoms with Crippen LogP contribution in [-0.4, -0.2) is 26.6 Å². The van der Waals surface area contributed by atoms with E-state index in [9.17, 15) is 26.4 Å². The zero-order valence-corrected chi connectivity index (χ0v) is 14.1. The predicted molar refractivity (Wildman–Crippen MR) is 88.2 cm³/mol. The average Bonchev–Trinajstić information content (AvgIpc) is 2.51. The van der Waals surface area contributed by atoms with Gasteiger partial charge in [-0.2, -0.15) is 0 Å². The van der Waals surface area contributed by atoms with Crippen LogP contribution in [-0.2, 0) is 14.8 Å². The van der Waals surface area contributed by atoms with Crippen molar-refractivity contribution in [2.75, 3.05) is 15.9 Å². The van der Waals surface area contributed by atoms with Gasteiger partial charge in [-0.1, -0.05) is 12.1 Å². The summed E-state index contributed by atoms with van der Waals surface area (Å²) in [5, 5.41) is 2.28. The number of nitrogens with zero attached hydrogens (tertiary/aromatic N) is 1. The molecule has 0 aromatic heterocycles. The molecule has 5 nitrogen and oxygen atoms in total. The van der Waals surface area contributed by atoms with E-state index in [-0.39, 0.29) is 11.4 Å². The van der Waals surface area contributed by atoms with E-state index in [2.05, 4.69) is 5.32 Å². The highest BCUT2D eigenvalue weighted by Gasteiger charge is 2.31. The number of para-hydroxylation sites is 1. The average molecular weight is 372 g/mol. The Labute approximate surface area is 143 Å². The molecule has 0 spiro atoms. The molecule has 1 atom stereocenters. The zero-order valence-electron chi connectivity index (χ0n) is 13.3. The second-order valence-electron chi connectivity index (χ2n) is 5.30. The van der Waals surface area contributed by atoms with Gasteiger partial charge in [0.15, 0.2) is 11.6 Å². The molecule has 0 aliphatic rings. The van der Waals surface area contributed by atoms with Gasteiger partial charge in [0.05, 0.1) is 11.9 Å². The minimum absolute atomic E-state index is 0.0577. The van der Waals surface area contributed by atoms with Gasteiger partial charge in [-0.25, -0.2) is 21.6 Å². The SMILES string of the molecule is CC(C(=O)Nc1ccc(F)c(F)c1)N(c1ccccc1F)S(C)(=O)=O. The van der Waals surface area contributed by atoms with Crippen LogP contribution in [0.5, 0.6) is 0 Å². The van der Waals surface area contributed by atoms with Crippen LogP contribution in [0.4, 0.5) is 24.5 Å². The Morgan fingerprint density at radius 1 is 1.04 bits per heavy atom. The number of amides is 1. The van der Waals surface area contributed by atoms with E-state index in [1.54, 1.807) is 0 Å². The van der Waals surface area contributed by atoms with Gasteiger partial charge in [0.25, 0.3) is 0 Å². The number of rotatable bonds is 5. The number of anilines is 2. The predicted octanol–water partition coefficient (Wildman–Crippen LogP) is 2.90. The molecule has 1 N–H and O–H groups in total. The van der Waals surface area contributed by atoms with Gasteiger partial charge >= 0.3 is 0 Å². The van der Waals surface area contributed by atoms with Crippen molar-refractivity contribution in [2.45, 2.75) is 13.0 Å². The number of hydrogen-bond acceptors (Lipinski definition) is 3. The molecule has 0 bridgehead atoms. The van der Waals surface area contributed by atoms with E-state index in [0.717, 1.165) is 30.5 Å². The molecule has 0 fully saturated rings. The Balaban J connectivity index is 2.33. The Morgan fingerprint density at radius 2 is 1.68 bits per heavy atom. The third kappa shape index (κ3) is 4.30. The van der Waals surface area contributed by atoms with Crippen molar-refractivity contribution in [3.05, 3.63) is 59.9 Å². The fraction of sp³-hybridized carbons (Fsp3) is 0.188. The second-order valence-corrected chi connectivity index (χ2v) is 7.16. The molecule has 2 aromatic rings. The molecule has 0 aliphatic carbocycles. The lowest BCUT2D eigenvalue weighted by atomic mass is 10.2. The van der Waals surface area contributed by atoms with Crippen molar-refractivity contribution in [3.8, 4) is 0 Å². The summed E-state index contributed by atoms with van der Waals surface area (Å²) in [6.45, 7) is 1.25. The first-order valence-corrected chi connectivity index (χ1v) is 8.96. The number of carbonyl (C=O) groups is 1. The van der Waals surface area contributed by atoms with Crippen molar-refractivity contribution < 1.29 is 26.4 Å². The molecule has 134 valence electrons. The fourth-order valence-electron chi connectivity index (χ4n) is 2.23. The lowest BCUT2D eigenvalue weighted by Gasteiger charge is -2.28. The Morgan fingerprint density at radius 3 is 2.24 bits per heavy atom. The quantitative estimate of drug-likeness (QED) is 0.878. The van der Waals surface area contributed by atoms with E-state index in [4.69, 9.17) is 0 Å². The summed E-state index contributed by atoms with van der Waals surface area (Å²) in [7, 11) is -3.99. The minimum Gasteiger partial charge on any atom is -0.324 e. The van der Waals surface area contributed by atoms with Gasteiger partial charge in [0, 0.05) is 11.8 Å². The van der Waals surface area contributed by atoms with Gasteiger partial charge < -0.3 is 5.32 Å². The zero-order chi connectivity index (χ0) is 18.8. The van der Waals surface area contributed by atoms with Gasteiger partial charge in [0.1, 0.15) is 11.9 Å². The molecular formula is C16H15F3N2O3S. The van der Waals surface area contributed by atoms with Crippen molar-refractivity contribution in [1.82, 2.24) is 0 Å². The van der Waals surface area contributed by atoms with Crippen LogP contribution in [0.2, 0.25) is 0 Å². The second kappa shape index (κ2) is 7.14. The molecule has 25 heavy (non-hydrogen) atoms. The maximum absolute atomic E-state index is 14.0. The number of halogens is 3. The van der Waals surface area contributed by atoms with Crippen LogP contribution >= 0.6 is 0 Å². The van der Waals surface area contributed by atoms with Gasteiger partial charge in [-0.15, -0.1) is 0 Å². The molecule has 2 aromatic carbocycles. The first-order valence-electron chi connectivity index (χ1n) is 7.11. The van der Waals surface area contributed by atoms with Gasteiger partial charge in [-0.05, 0) is 31.2 Å². The summed E-state index contributed by atoms with van der Waals surface area (Å²) in [5.74, 6) is -3.91. The monoisotopic (exact) mass is 372 g/mol. The van der Waals surface area contributed by atoms with Crippen LogP contribution in [0, 0.1) is 17.5 Å². The lowest BCUT2D eigenvalue weighted by molar-refractivity contribution is -0.116. The first-order chi connectivity index (χ1) is 11.6. The largest absolute Gasteiger partial charge is 0.324 e. The summed E-state index contributed by atoms with van der Waals surface area (Å²) < 4.78 is 64.9. The van der Waals surface area contributed by atoms with Crippen LogP contribution in [0.15, 0.2) is 42.5 Å².